The molecule has 6 aromatic carbocycles. The van der Waals surface area contributed by atoms with E-state index >= 15 is 0 Å². The Morgan fingerprint density at radius 3 is 1.55 bits per heavy atom. The van der Waals surface area contributed by atoms with Gasteiger partial charge in [0.15, 0.2) is 0 Å². The Labute approximate surface area is 190 Å². The van der Waals surface area contributed by atoms with Crippen LogP contribution in [0.4, 0.5) is 0 Å². The van der Waals surface area contributed by atoms with Gasteiger partial charge in [-0.05, 0) is 26.9 Å². The van der Waals surface area contributed by atoms with Crippen molar-refractivity contribution in [1.29, 1.82) is 0 Å². The van der Waals surface area contributed by atoms with Gasteiger partial charge in [-0.15, -0.1) is 0 Å². The standard InChI is InChI=1S/C32H19N/c1-3-11-22-20(9-1)17-18-28-29-26-15-7-5-13-24(26)25-14-6-8-16-27(25)30(29)32-23-12-4-2-10-21(23)19-33(32)31(22)28/h1-19H. The summed E-state index contributed by atoms with van der Waals surface area (Å²) in [6.45, 7) is 0. The van der Waals surface area contributed by atoms with Gasteiger partial charge >= 0.3 is 0 Å². The molecule has 0 saturated carbocycles. The molecule has 0 amide bonds. The molecule has 0 spiro atoms. The van der Waals surface area contributed by atoms with E-state index in [1.54, 1.807) is 0 Å². The third kappa shape index (κ3) is 2.12. The zero-order chi connectivity index (χ0) is 21.5. The summed E-state index contributed by atoms with van der Waals surface area (Å²) >= 11 is 0. The van der Waals surface area contributed by atoms with E-state index < -0.39 is 0 Å². The number of rotatable bonds is 0. The zero-order valence-electron chi connectivity index (χ0n) is 17.9. The quantitative estimate of drug-likeness (QED) is 0.217. The topological polar surface area (TPSA) is 4.41 Å². The van der Waals surface area contributed by atoms with E-state index in [-0.39, 0.29) is 0 Å². The second-order valence-electron chi connectivity index (χ2n) is 8.96. The second kappa shape index (κ2) is 6.11. The molecule has 0 N–H and O–H groups in total. The summed E-state index contributed by atoms with van der Waals surface area (Å²) in [6, 6.07) is 39.9. The first-order valence-corrected chi connectivity index (χ1v) is 11.5. The van der Waals surface area contributed by atoms with Crippen LogP contribution < -0.4 is 0 Å². The van der Waals surface area contributed by atoms with Gasteiger partial charge in [-0.3, -0.25) is 0 Å². The fourth-order valence-electron chi connectivity index (χ4n) is 5.97. The molecule has 0 aliphatic heterocycles. The highest BCUT2D eigenvalue weighted by atomic mass is 14.9. The molecule has 8 rings (SSSR count). The van der Waals surface area contributed by atoms with Gasteiger partial charge in [0.25, 0.3) is 0 Å². The van der Waals surface area contributed by atoms with Crippen LogP contribution in [0.25, 0.3) is 70.3 Å². The van der Waals surface area contributed by atoms with E-state index in [1.165, 1.54) is 70.3 Å². The maximum absolute atomic E-state index is 2.45. The predicted molar refractivity (Wildman–Crippen MR) is 142 cm³/mol. The summed E-state index contributed by atoms with van der Waals surface area (Å²) in [6.07, 6.45) is 2.32. The van der Waals surface area contributed by atoms with Gasteiger partial charge in [0.05, 0.1) is 11.0 Å². The lowest BCUT2D eigenvalue weighted by atomic mass is 9.90. The summed E-state index contributed by atoms with van der Waals surface area (Å²) in [5.74, 6) is 0. The third-order valence-electron chi connectivity index (χ3n) is 7.31. The fraction of sp³-hybridized carbons (Fsp3) is 0. The third-order valence-corrected chi connectivity index (χ3v) is 7.31. The van der Waals surface area contributed by atoms with Crippen LogP contribution in [0, 0.1) is 0 Å². The molecule has 0 aliphatic carbocycles. The largest absolute Gasteiger partial charge is 0.314 e. The van der Waals surface area contributed by atoms with Crippen molar-refractivity contribution in [3.05, 3.63) is 115 Å². The smallest absolute Gasteiger partial charge is 0.0620 e. The van der Waals surface area contributed by atoms with Crippen LogP contribution in [-0.4, -0.2) is 4.40 Å². The van der Waals surface area contributed by atoms with Crippen LogP contribution in [0.2, 0.25) is 0 Å². The van der Waals surface area contributed by atoms with Crippen LogP contribution in [0.1, 0.15) is 0 Å². The van der Waals surface area contributed by atoms with Crippen molar-refractivity contribution in [3.8, 4) is 0 Å². The average molecular weight is 418 g/mol. The van der Waals surface area contributed by atoms with Crippen LogP contribution in [0.5, 0.6) is 0 Å². The minimum Gasteiger partial charge on any atom is -0.314 e. The first kappa shape index (κ1) is 17.2. The van der Waals surface area contributed by atoms with Gasteiger partial charge < -0.3 is 4.40 Å². The SMILES string of the molecule is c1ccc2c(c1)ccc1c3c4ccccc4c4ccccc4c3c3c4ccccc4cn3c21. The molecule has 0 unspecified atom stereocenters. The molecule has 2 heterocycles. The Hall–Kier alpha value is -4.36. The number of fused-ring (bicyclic) bond motifs is 15. The van der Waals surface area contributed by atoms with E-state index in [9.17, 15) is 0 Å². The average Bonchev–Trinajstić information content (AvgIpc) is 3.27. The van der Waals surface area contributed by atoms with E-state index in [0.29, 0.717) is 0 Å². The maximum Gasteiger partial charge on any atom is 0.0620 e. The number of hydrogen-bond donors (Lipinski definition) is 0. The Kier molecular flexibility index (Phi) is 3.19. The van der Waals surface area contributed by atoms with Crippen LogP contribution in [-0.2, 0) is 0 Å². The summed E-state index contributed by atoms with van der Waals surface area (Å²) in [5.41, 5.74) is 2.58. The molecule has 0 bridgehead atoms. The molecule has 152 valence electrons. The van der Waals surface area contributed by atoms with Crippen molar-refractivity contribution in [3.63, 3.8) is 0 Å². The highest BCUT2D eigenvalue weighted by Crippen LogP contribution is 2.44. The highest BCUT2D eigenvalue weighted by molar-refractivity contribution is 6.38. The Balaban J connectivity index is 1.87. The van der Waals surface area contributed by atoms with Gasteiger partial charge in [0.1, 0.15) is 0 Å². The van der Waals surface area contributed by atoms with Crippen molar-refractivity contribution >= 4 is 70.3 Å². The van der Waals surface area contributed by atoms with Crippen molar-refractivity contribution in [1.82, 2.24) is 4.40 Å². The summed E-state index contributed by atoms with van der Waals surface area (Å²) < 4.78 is 2.45. The van der Waals surface area contributed by atoms with Crippen LogP contribution in [0.3, 0.4) is 0 Å². The zero-order valence-corrected chi connectivity index (χ0v) is 17.9. The van der Waals surface area contributed by atoms with Gasteiger partial charge in [-0.2, -0.15) is 0 Å². The fourth-order valence-corrected chi connectivity index (χ4v) is 5.97. The van der Waals surface area contributed by atoms with Gasteiger partial charge in [-0.25, -0.2) is 0 Å². The number of nitrogens with zero attached hydrogens (tertiary/aromatic N) is 1. The van der Waals surface area contributed by atoms with Gasteiger partial charge in [0, 0.05) is 38.5 Å². The minimum atomic E-state index is 1.27. The molecular formula is C32H19N. The Morgan fingerprint density at radius 1 is 0.333 bits per heavy atom. The first-order valence-electron chi connectivity index (χ1n) is 11.5. The lowest BCUT2D eigenvalue weighted by Gasteiger charge is -2.17. The van der Waals surface area contributed by atoms with Crippen LogP contribution >= 0.6 is 0 Å². The van der Waals surface area contributed by atoms with Crippen molar-refractivity contribution < 1.29 is 0 Å². The van der Waals surface area contributed by atoms with E-state index in [0.717, 1.165) is 0 Å². The summed E-state index contributed by atoms with van der Waals surface area (Å²) in [7, 11) is 0. The molecule has 8 aromatic rings. The van der Waals surface area contributed by atoms with E-state index in [2.05, 4.69) is 120 Å². The monoisotopic (exact) mass is 417 g/mol. The highest BCUT2D eigenvalue weighted by Gasteiger charge is 2.19. The van der Waals surface area contributed by atoms with Gasteiger partial charge in [0.2, 0.25) is 0 Å². The van der Waals surface area contributed by atoms with Gasteiger partial charge in [-0.1, -0.05) is 109 Å². The Morgan fingerprint density at radius 2 is 0.848 bits per heavy atom. The second-order valence-corrected chi connectivity index (χ2v) is 8.96. The summed E-state index contributed by atoms with van der Waals surface area (Å²) in [4.78, 5) is 0. The number of pyridine rings is 1. The minimum absolute atomic E-state index is 1.27. The van der Waals surface area contributed by atoms with E-state index in [4.69, 9.17) is 0 Å². The lowest BCUT2D eigenvalue weighted by molar-refractivity contribution is 1.31. The summed E-state index contributed by atoms with van der Waals surface area (Å²) in [5, 5.41) is 14.4. The number of benzene rings is 6. The van der Waals surface area contributed by atoms with Crippen molar-refractivity contribution in [2.75, 3.05) is 0 Å². The first-order chi connectivity index (χ1) is 16.4. The van der Waals surface area contributed by atoms with Crippen molar-refractivity contribution in [2.45, 2.75) is 0 Å². The molecule has 1 heteroatoms. The van der Waals surface area contributed by atoms with Crippen LogP contribution in [0.15, 0.2) is 115 Å². The Bertz CT molecular complexity index is 2070. The molecule has 0 fully saturated rings. The molecular weight excluding hydrogens is 398 g/mol. The molecule has 0 radical (unpaired) electrons. The molecule has 1 nitrogen and oxygen atoms in total. The molecule has 0 atom stereocenters. The molecule has 33 heavy (non-hydrogen) atoms. The number of aromatic nitrogens is 1. The number of hydrogen-bond acceptors (Lipinski definition) is 0. The predicted octanol–water partition coefficient (Wildman–Crippen LogP) is 8.86. The molecule has 0 saturated heterocycles. The normalized spacial score (nSPS) is 12.2. The lowest BCUT2D eigenvalue weighted by Crippen LogP contribution is -1.93. The maximum atomic E-state index is 2.45. The van der Waals surface area contributed by atoms with E-state index in [1.807, 2.05) is 0 Å². The molecule has 2 aromatic heterocycles. The van der Waals surface area contributed by atoms with Crippen molar-refractivity contribution in [2.24, 2.45) is 0 Å². The molecule has 0 aliphatic rings.